The van der Waals surface area contributed by atoms with Gasteiger partial charge in [0.2, 0.25) is 15.9 Å². The van der Waals surface area contributed by atoms with Gasteiger partial charge in [-0.25, -0.2) is 21.6 Å². The molecular formula is C19H19ClF3N3O3S. The number of amides is 1. The zero-order valence-corrected chi connectivity index (χ0v) is 17.5. The summed E-state index contributed by atoms with van der Waals surface area (Å²) < 4.78 is 66.9. The van der Waals surface area contributed by atoms with E-state index < -0.39 is 45.1 Å². The normalized spacial score (nSPS) is 17.0. The zero-order valence-electron chi connectivity index (χ0n) is 15.9. The van der Waals surface area contributed by atoms with E-state index >= 15 is 0 Å². The SMILES string of the molecule is C[C@H](C(=O)Nc1ccc(F)c(F)c1F)N1CCN(S(=O)(=O)c2cccc(Cl)c2)CC1. The standard InChI is InChI=1S/C19H19ClF3N3O3S/c1-12(19(27)24-16-6-5-15(21)17(22)18(16)23)25-7-9-26(10-8-25)30(28,29)14-4-2-3-13(20)11-14/h2-6,11-12H,7-10H2,1H3,(H,24,27)/t12-/m1/s1. The summed E-state index contributed by atoms with van der Waals surface area (Å²) in [5.74, 6) is -5.12. The Labute approximate surface area is 177 Å². The number of sulfonamides is 1. The first-order valence-electron chi connectivity index (χ1n) is 9.05. The van der Waals surface area contributed by atoms with Gasteiger partial charge in [-0.1, -0.05) is 17.7 Å². The van der Waals surface area contributed by atoms with Crippen molar-refractivity contribution >= 4 is 33.2 Å². The van der Waals surface area contributed by atoms with Crippen LogP contribution in [-0.2, 0) is 14.8 Å². The van der Waals surface area contributed by atoms with Crippen molar-refractivity contribution in [3.63, 3.8) is 0 Å². The number of benzene rings is 2. The Kier molecular flexibility index (Phi) is 6.71. The van der Waals surface area contributed by atoms with Crippen LogP contribution in [0.2, 0.25) is 5.02 Å². The quantitative estimate of drug-likeness (QED) is 0.695. The second kappa shape index (κ2) is 8.93. The van der Waals surface area contributed by atoms with Gasteiger partial charge in [0.05, 0.1) is 16.6 Å². The highest BCUT2D eigenvalue weighted by Gasteiger charge is 2.32. The number of nitrogens with zero attached hydrogens (tertiary/aromatic N) is 2. The molecule has 1 N–H and O–H groups in total. The van der Waals surface area contributed by atoms with Gasteiger partial charge in [-0.15, -0.1) is 0 Å². The number of hydrogen-bond donors (Lipinski definition) is 1. The largest absolute Gasteiger partial charge is 0.322 e. The van der Waals surface area contributed by atoms with E-state index in [2.05, 4.69) is 5.32 Å². The molecular weight excluding hydrogens is 443 g/mol. The van der Waals surface area contributed by atoms with Crippen LogP contribution in [0.1, 0.15) is 6.92 Å². The van der Waals surface area contributed by atoms with Gasteiger partial charge in [-0.05, 0) is 37.3 Å². The van der Waals surface area contributed by atoms with Crippen molar-refractivity contribution in [1.29, 1.82) is 0 Å². The van der Waals surface area contributed by atoms with Crippen molar-refractivity contribution in [3.05, 3.63) is 58.9 Å². The lowest BCUT2D eigenvalue weighted by Gasteiger charge is -2.36. The van der Waals surface area contributed by atoms with E-state index in [1.165, 1.54) is 16.4 Å². The number of halogens is 4. The van der Waals surface area contributed by atoms with Crippen molar-refractivity contribution in [2.45, 2.75) is 17.9 Å². The summed E-state index contributed by atoms with van der Waals surface area (Å²) in [5, 5.41) is 2.55. The van der Waals surface area contributed by atoms with E-state index in [-0.39, 0.29) is 31.1 Å². The Morgan fingerprint density at radius 2 is 1.73 bits per heavy atom. The molecule has 3 rings (SSSR count). The molecule has 0 aliphatic carbocycles. The fourth-order valence-electron chi connectivity index (χ4n) is 3.13. The molecule has 162 valence electrons. The minimum atomic E-state index is -3.72. The maximum atomic E-state index is 13.8. The van der Waals surface area contributed by atoms with Crippen LogP contribution in [0.4, 0.5) is 18.9 Å². The lowest BCUT2D eigenvalue weighted by molar-refractivity contribution is -0.121. The van der Waals surface area contributed by atoms with Crippen LogP contribution < -0.4 is 5.32 Å². The number of piperazine rings is 1. The molecule has 0 saturated carbocycles. The first-order valence-corrected chi connectivity index (χ1v) is 10.9. The number of carbonyl (C=O) groups is 1. The zero-order chi connectivity index (χ0) is 22.1. The summed E-state index contributed by atoms with van der Waals surface area (Å²) >= 11 is 5.88. The number of anilines is 1. The molecule has 6 nitrogen and oxygen atoms in total. The molecule has 1 amide bonds. The summed E-state index contributed by atoms with van der Waals surface area (Å²) in [6.45, 7) is 2.37. The van der Waals surface area contributed by atoms with Gasteiger partial charge in [0.25, 0.3) is 0 Å². The Morgan fingerprint density at radius 1 is 1.07 bits per heavy atom. The average molecular weight is 462 g/mol. The van der Waals surface area contributed by atoms with Crippen LogP contribution in [0.25, 0.3) is 0 Å². The van der Waals surface area contributed by atoms with Crippen molar-refractivity contribution in [2.75, 3.05) is 31.5 Å². The highest BCUT2D eigenvalue weighted by molar-refractivity contribution is 7.89. The Hall–Kier alpha value is -2.14. The third-order valence-electron chi connectivity index (χ3n) is 4.93. The van der Waals surface area contributed by atoms with Gasteiger partial charge in [0.1, 0.15) is 0 Å². The van der Waals surface area contributed by atoms with E-state index in [0.29, 0.717) is 5.02 Å². The molecule has 1 fully saturated rings. The molecule has 1 heterocycles. The first kappa shape index (κ1) is 22.5. The molecule has 11 heteroatoms. The topological polar surface area (TPSA) is 69.7 Å². The molecule has 1 atom stereocenters. The maximum absolute atomic E-state index is 13.8. The maximum Gasteiger partial charge on any atom is 0.243 e. The first-order chi connectivity index (χ1) is 14.1. The number of carbonyl (C=O) groups excluding carboxylic acids is 1. The van der Waals surface area contributed by atoms with Gasteiger partial charge >= 0.3 is 0 Å². The summed E-state index contributed by atoms with van der Waals surface area (Å²) in [6.07, 6.45) is 0. The van der Waals surface area contributed by atoms with Gasteiger partial charge in [-0.2, -0.15) is 4.31 Å². The molecule has 1 aliphatic rings. The van der Waals surface area contributed by atoms with Crippen molar-refractivity contribution in [3.8, 4) is 0 Å². The summed E-state index contributed by atoms with van der Waals surface area (Å²) in [6, 6.07) is 6.87. The van der Waals surface area contributed by atoms with E-state index in [9.17, 15) is 26.4 Å². The van der Waals surface area contributed by atoms with Gasteiger partial charge < -0.3 is 5.32 Å². The molecule has 0 unspecified atom stereocenters. The van der Waals surface area contributed by atoms with Crippen LogP contribution in [0, 0.1) is 17.5 Å². The van der Waals surface area contributed by atoms with Gasteiger partial charge in [0, 0.05) is 31.2 Å². The fourth-order valence-corrected chi connectivity index (χ4v) is 4.86. The third kappa shape index (κ3) is 4.61. The second-order valence-electron chi connectivity index (χ2n) is 6.79. The minimum Gasteiger partial charge on any atom is -0.322 e. The van der Waals surface area contributed by atoms with E-state index in [1.807, 2.05) is 0 Å². The van der Waals surface area contributed by atoms with Crippen LogP contribution in [0.15, 0.2) is 41.3 Å². The molecule has 0 spiro atoms. The highest BCUT2D eigenvalue weighted by atomic mass is 35.5. The van der Waals surface area contributed by atoms with Crippen molar-refractivity contribution < 1.29 is 26.4 Å². The molecule has 0 bridgehead atoms. The number of nitrogens with one attached hydrogen (secondary N) is 1. The lowest BCUT2D eigenvalue weighted by Crippen LogP contribution is -2.53. The molecule has 30 heavy (non-hydrogen) atoms. The van der Waals surface area contributed by atoms with E-state index in [1.54, 1.807) is 24.0 Å². The van der Waals surface area contributed by atoms with Crippen LogP contribution in [0.5, 0.6) is 0 Å². The summed E-state index contributed by atoms with van der Waals surface area (Å²) in [4.78, 5) is 14.2. The predicted molar refractivity (Wildman–Crippen MR) is 106 cm³/mol. The number of hydrogen-bond acceptors (Lipinski definition) is 4. The Bertz CT molecular complexity index is 1060. The van der Waals surface area contributed by atoms with Crippen LogP contribution in [0.3, 0.4) is 0 Å². The van der Waals surface area contributed by atoms with E-state index in [0.717, 1.165) is 12.1 Å². The lowest BCUT2D eigenvalue weighted by atomic mass is 10.2. The summed E-state index contributed by atoms with van der Waals surface area (Å²) in [5.41, 5.74) is -0.465. The molecule has 0 radical (unpaired) electrons. The summed E-state index contributed by atoms with van der Waals surface area (Å²) in [7, 11) is -3.72. The van der Waals surface area contributed by atoms with Gasteiger partial charge in [0.15, 0.2) is 17.5 Å². The molecule has 1 aliphatic heterocycles. The smallest absolute Gasteiger partial charge is 0.243 e. The van der Waals surface area contributed by atoms with Crippen LogP contribution >= 0.6 is 11.6 Å². The van der Waals surface area contributed by atoms with Crippen molar-refractivity contribution in [2.24, 2.45) is 0 Å². The molecule has 2 aromatic rings. The Morgan fingerprint density at radius 3 is 2.37 bits per heavy atom. The Balaban J connectivity index is 1.63. The van der Waals surface area contributed by atoms with Gasteiger partial charge in [-0.3, -0.25) is 9.69 Å². The number of rotatable bonds is 5. The second-order valence-corrected chi connectivity index (χ2v) is 9.16. The minimum absolute atomic E-state index is 0.0862. The molecule has 1 saturated heterocycles. The predicted octanol–water partition coefficient (Wildman–Crippen LogP) is 3.09. The van der Waals surface area contributed by atoms with E-state index in [4.69, 9.17) is 11.6 Å². The van der Waals surface area contributed by atoms with Crippen molar-refractivity contribution in [1.82, 2.24) is 9.21 Å². The monoisotopic (exact) mass is 461 g/mol. The highest BCUT2D eigenvalue weighted by Crippen LogP contribution is 2.23. The van der Waals surface area contributed by atoms with Crippen LogP contribution in [-0.4, -0.2) is 55.8 Å². The third-order valence-corrected chi connectivity index (χ3v) is 7.06. The average Bonchev–Trinajstić information content (AvgIpc) is 2.73. The molecule has 2 aromatic carbocycles. The fraction of sp³-hybridized carbons (Fsp3) is 0.316. The molecule has 0 aromatic heterocycles.